The SMILES string of the molecule is CCCC(=O)O[C@@H](C)C(=O)O[C@H](C)C(=O)O[C@H](C)C(=O)O[C@H](C)C(=O)O[C@H](C)C(=O)O[C@H](C)C(=O)O[C@H](C)C(=O)O. The van der Waals surface area contributed by atoms with Crippen molar-refractivity contribution in [3.63, 3.8) is 0 Å². The van der Waals surface area contributed by atoms with Crippen LogP contribution in [-0.4, -0.2) is 95.6 Å². The number of carbonyl (C=O) groups excluding carboxylic acids is 7. The van der Waals surface area contributed by atoms with Crippen LogP contribution in [0.1, 0.15) is 68.2 Å². The van der Waals surface area contributed by atoms with Gasteiger partial charge in [0.25, 0.3) is 0 Å². The molecule has 0 spiro atoms. The van der Waals surface area contributed by atoms with Gasteiger partial charge in [0, 0.05) is 6.42 Å². The van der Waals surface area contributed by atoms with E-state index in [-0.39, 0.29) is 6.42 Å². The standard InChI is InChI=1S/C25H36O16/c1-9-10-18(26)35-12(3)20(29)37-14(5)22(31)39-16(7)24(33)41-17(8)25(34)40-15(6)23(32)38-13(4)21(30)36-11(2)19(27)28/h11-17H,9-10H2,1-8H3,(H,27,28)/t11-,12+,13-,14-,15-,16-,17-/m1/s1. The molecule has 0 fully saturated rings. The van der Waals surface area contributed by atoms with Crippen LogP contribution >= 0.6 is 0 Å². The molecule has 0 unspecified atom stereocenters. The lowest BCUT2D eigenvalue weighted by Gasteiger charge is -2.21. The topological polar surface area (TPSA) is 221 Å². The van der Waals surface area contributed by atoms with E-state index in [2.05, 4.69) is 4.74 Å². The van der Waals surface area contributed by atoms with Gasteiger partial charge >= 0.3 is 47.8 Å². The summed E-state index contributed by atoms with van der Waals surface area (Å²) in [5.74, 6) is -8.87. The lowest BCUT2D eigenvalue weighted by Crippen LogP contribution is -2.39. The number of carbonyl (C=O) groups is 8. The molecule has 0 radical (unpaired) electrons. The normalized spacial score (nSPS) is 15.7. The fraction of sp³-hybridized carbons (Fsp3) is 0.680. The highest BCUT2D eigenvalue weighted by atomic mass is 16.7. The van der Waals surface area contributed by atoms with Crippen LogP contribution < -0.4 is 0 Å². The highest BCUT2D eigenvalue weighted by Gasteiger charge is 2.32. The molecule has 0 aliphatic carbocycles. The van der Waals surface area contributed by atoms with E-state index in [1.165, 1.54) is 6.92 Å². The summed E-state index contributed by atoms with van der Waals surface area (Å²) in [6, 6.07) is 0. The molecule has 0 aromatic rings. The molecule has 41 heavy (non-hydrogen) atoms. The summed E-state index contributed by atoms with van der Waals surface area (Å²) in [7, 11) is 0. The average Bonchev–Trinajstić information content (AvgIpc) is 2.87. The molecule has 0 amide bonds. The second-order valence-corrected chi connectivity index (χ2v) is 8.70. The third-order valence-corrected chi connectivity index (χ3v) is 4.86. The molecule has 232 valence electrons. The Balaban J connectivity index is 4.75. The molecule has 0 aromatic carbocycles. The lowest BCUT2D eigenvalue weighted by atomic mass is 10.3. The van der Waals surface area contributed by atoms with E-state index in [1.807, 2.05) is 0 Å². The summed E-state index contributed by atoms with van der Waals surface area (Å²) in [6.07, 6.45) is -9.86. The third-order valence-electron chi connectivity index (χ3n) is 4.86. The second kappa shape index (κ2) is 17.5. The van der Waals surface area contributed by atoms with E-state index in [0.29, 0.717) is 6.42 Å². The number of ether oxygens (including phenoxy) is 7. The zero-order valence-electron chi connectivity index (χ0n) is 24.0. The summed E-state index contributed by atoms with van der Waals surface area (Å²) in [4.78, 5) is 94.8. The van der Waals surface area contributed by atoms with Gasteiger partial charge in [0.05, 0.1) is 0 Å². The van der Waals surface area contributed by atoms with Crippen LogP contribution in [0.3, 0.4) is 0 Å². The Morgan fingerprint density at radius 3 is 0.878 bits per heavy atom. The molecule has 0 aliphatic heterocycles. The molecule has 0 aromatic heterocycles. The van der Waals surface area contributed by atoms with Crippen LogP contribution in [0, 0.1) is 0 Å². The van der Waals surface area contributed by atoms with Crippen LogP contribution in [0.4, 0.5) is 0 Å². The van der Waals surface area contributed by atoms with E-state index in [4.69, 9.17) is 33.5 Å². The van der Waals surface area contributed by atoms with Crippen molar-refractivity contribution in [2.45, 2.75) is 111 Å². The molecule has 0 heterocycles. The van der Waals surface area contributed by atoms with E-state index < -0.39 is 90.5 Å². The van der Waals surface area contributed by atoms with Gasteiger partial charge in [-0.25, -0.2) is 33.6 Å². The molecule has 0 aliphatic rings. The van der Waals surface area contributed by atoms with Gasteiger partial charge in [0.1, 0.15) is 0 Å². The molecular formula is C25H36O16. The van der Waals surface area contributed by atoms with Gasteiger partial charge < -0.3 is 38.3 Å². The quantitative estimate of drug-likeness (QED) is 0.189. The van der Waals surface area contributed by atoms with Crippen molar-refractivity contribution in [3.05, 3.63) is 0 Å². The molecule has 16 nitrogen and oxygen atoms in total. The lowest BCUT2D eigenvalue weighted by molar-refractivity contribution is -0.188. The average molecular weight is 593 g/mol. The van der Waals surface area contributed by atoms with Gasteiger partial charge in [-0.3, -0.25) is 4.79 Å². The molecule has 7 atom stereocenters. The maximum Gasteiger partial charge on any atom is 0.347 e. The highest BCUT2D eigenvalue weighted by Crippen LogP contribution is 2.09. The Morgan fingerprint density at radius 1 is 0.439 bits per heavy atom. The van der Waals surface area contributed by atoms with Crippen molar-refractivity contribution >= 4 is 47.8 Å². The number of carboxylic acids is 1. The first kappa shape index (κ1) is 36.8. The molecule has 1 N–H and O–H groups in total. The molecule has 0 bridgehead atoms. The number of esters is 7. The van der Waals surface area contributed by atoms with Crippen LogP contribution in [-0.2, 0) is 71.5 Å². The van der Waals surface area contributed by atoms with Crippen molar-refractivity contribution in [3.8, 4) is 0 Å². The van der Waals surface area contributed by atoms with Gasteiger partial charge in [-0.2, -0.15) is 0 Å². The van der Waals surface area contributed by atoms with Crippen molar-refractivity contribution in [2.75, 3.05) is 0 Å². The Labute approximate surface area is 235 Å². The Bertz CT molecular complexity index is 988. The van der Waals surface area contributed by atoms with Gasteiger partial charge in [0.2, 0.25) is 0 Å². The summed E-state index contributed by atoms with van der Waals surface area (Å²) >= 11 is 0. The van der Waals surface area contributed by atoms with Gasteiger partial charge in [-0.05, 0) is 54.9 Å². The smallest absolute Gasteiger partial charge is 0.347 e. The Hall–Kier alpha value is -4.24. The zero-order chi connectivity index (χ0) is 32.0. The number of aliphatic carboxylic acids is 1. The molecule has 16 heteroatoms. The van der Waals surface area contributed by atoms with E-state index in [0.717, 1.165) is 41.5 Å². The fourth-order valence-electron chi connectivity index (χ4n) is 2.42. The van der Waals surface area contributed by atoms with Crippen LogP contribution in [0.2, 0.25) is 0 Å². The van der Waals surface area contributed by atoms with Gasteiger partial charge in [0.15, 0.2) is 42.7 Å². The first-order chi connectivity index (χ1) is 18.9. The van der Waals surface area contributed by atoms with E-state index >= 15 is 0 Å². The first-order valence-corrected chi connectivity index (χ1v) is 12.6. The number of hydrogen-bond donors (Lipinski definition) is 1. The van der Waals surface area contributed by atoms with Gasteiger partial charge in [-0.1, -0.05) is 6.92 Å². The number of carboxylic acid groups (broad SMARTS) is 1. The highest BCUT2D eigenvalue weighted by molar-refractivity contribution is 5.87. The largest absolute Gasteiger partial charge is 0.479 e. The summed E-state index contributed by atoms with van der Waals surface area (Å²) < 4.78 is 33.7. The summed E-state index contributed by atoms with van der Waals surface area (Å²) in [6.45, 7) is 9.69. The number of rotatable bonds is 16. The predicted octanol–water partition coefficient (Wildman–Crippen LogP) is 0.393. The minimum absolute atomic E-state index is 0.0923. The summed E-state index contributed by atoms with van der Waals surface area (Å²) in [5, 5.41) is 8.75. The zero-order valence-corrected chi connectivity index (χ0v) is 24.0. The minimum Gasteiger partial charge on any atom is -0.479 e. The molecule has 0 saturated carbocycles. The number of hydrogen-bond acceptors (Lipinski definition) is 15. The molecule has 0 rings (SSSR count). The van der Waals surface area contributed by atoms with Crippen molar-refractivity contribution in [1.29, 1.82) is 0 Å². The van der Waals surface area contributed by atoms with Crippen molar-refractivity contribution in [2.24, 2.45) is 0 Å². The molecular weight excluding hydrogens is 556 g/mol. The van der Waals surface area contributed by atoms with E-state index in [9.17, 15) is 38.4 Å². The minimum atomic E-state index is -1.58. The third kappa shape index (κ3) is 13.6. The fourth-order valence-corrected chi connectivity index (χ4v) is 2.42. The Kier molecular flexibility index (Phi) is 15.6. The van der Waals surface area contributed by atoms with Gasteiger partial charge in [-0.15, -0.1) is 0 Å². The predicted molar refractivity (Wildman–Crippen MR) is 131 cm³/mol. The monoisotopic (exact) mass is 592 g/mol. The Morgan fingerprint density at radius 2 is 0.659 bits per heavy atom. The van der Waals surface area contributed by atoms with Crippen molar-refractivity contribution in [1.82, 2.24) is 0 Å². The maximum atomic E-state index is 12.2. The van der Waals surface area contributed by atoms with Crippen molar-refractivity contribution < 1.29 is 76.6 Å². The first-order valence-electron chi connectivity index (χ1n) is 12.6. The van der Waals surface area contributed by atoms with Crippen LogP contribution in [0.25, 0.3) is 0 Å². The summed E-state index contributed by atoms with van der Waals surface area (Å²) in [5.41, 5.74) is 0. The van der Waals surface area contributed by atoms with Crippen LogP contribution in [0.5, 0.6) is 0 Å². The van der Waals surface area contributed by atoms with E-state index in [1.54, 1.807) is 6.92 Å². The second-order valence-electron chi connectivity index (χ2n) is 8.70. The maximum absolute atomic E-state index is 12.2. The molecule has 0 saturated heterocycles. The van der Waals surface area contributed by atoms with Crippen LogP contribution in [0.15, 0.2) is 0 Å².